The number of aryl methyl sites for hydroxylation is 2. The Morgan fingerprint density at radius 1 is 0.842 bits per heavy atom. The molecular formula is C31H27FN4O2. The largest absolute Gasteiger partial charge is 0.347 e. The van der Waals surface area contributed by atoms with Crippen molar-refractivity contribution in [3.05, 3.63) is 131 Å². The van der Waals surface area contributed by atoms with Crippen molar-refractivity contribution >= 4 is 28.4 Å². The SMILES string of the molecule is Cc1ccc(C(=O)Nc2ccc3c(c2)cc(C(=O)NCc2ccncc2)n3Cc2cccc(F)c2)cc1C. The Morgan fingerprint density at radius 3 is 2.42 bits per heavy atom. The van der Waals surface area contributed by atoms with Crippen molar-refractivity contribution in [3.63, 3.8) is 0 Å². The zero-order valence-corrected chi connectivity index (χ0v) is 21.2. The average molecular weight is 507 g/mol. The minimum Gasteiger partial charge on any atom is -0.347 e. The third-order valence-electron chi connectivity index (χ3n) is 6.59. The van der Waals surface area contributed by atoms with Crippen LogP contribution < -0.4 is 10.6 Å². The normalized spacial score (nSPS) is 10.9. The lowest BCUT2D eigenvalue weighted by molar-refractivity contribution is 0.0941. The van der Waals surface area contributed by atoms with Crippen LogP contribution in [-0.4, -0.2) is 21.4 Å². The molecule has 0 unspecified atom stereocenters. The lowest BCUT2D eigenvalue weighted by Gasteiger charge is -2.12. The number of pyridine rings is 1. The minimum atomic E-state index is -0.334. The predicted molar refractivity (Wildman–Crippen MR) is 147 cm³/mol. The first-order valence-corrected chi connectivity index (χ1v) is 12.3. The van der Waals surface area contributed by atoms with Crippen LogP contribution in [0.2, 0.25) is 0 Å². The summed E-state index contributed by atoms with van der Waals surface area (Å²) in [7, 11) is 0. The molecule has 5 rings (SSSR count). The Morgan fingerprint density at radius 2 is 1.66 bits per heavy atom. The molecule has 2 amide bonds. The van der Waals surface area contributed by atoms with E-state index in [9.17, 15) is 14.0 Å². The van der Waals surface area contributed by atoms with Crippen LogP contribution in [-0.2, 0) is 13.1 Å². The number of halogens is 1. The molecule has 190 valence electrons. The molecular weight excluding hydrogens is 479 g/mol. The molecule has 6 nitrogen and oxygen atoms in total. The highest BCUT2D eigenvalue weighted by molar-refractivity contribution is 6.06. The Labute approximate surface area is 220 Å². The summed E-state index contributed by atoms with van der Waals surface area (Å²) >= 11 is 0. The number of nitrogens with one attached hydrogen (secondary N) is 2. The molecule has 0 atom stereocenters. The third-order valence-corrected chi connectivity index (χ3v) is 6.59. The van der Waals surface area contributed by atoms with Gasteiger partial charge in [-0.25, -0.2) is 4.39 Å². The second-order valence-corrected chi connectivity index (χ2v) is 9.31. The standard InChI is InChI=1S/C31H27FN4O2/c1-20-6-7-24(14-21(20)2)30(37)35-27-8-9-28-25(16-27)17-29(31(38)34-18-22-10-12-33-13-11-22)36(28)19-23-4-3-5-26(32)15-23/h3-17H,18-19H2,1-2H3,(H,34,38)(H,35,37). The first-order chi connectivity index (χ1) is 18.4. The van der Waals surface area contributed by atoms with Crippen molar-refractivity contribution in [2.24, 2.45) is 0 Å². The highest BCUT2D eigenvalue weighted by Gasteiger charge is 2.17. The summed E-state index contributed by atoms with van der Waals surface area (Å²) in [6.45, 7) is 4.64. The van der Waals surface area contributed by atoms with Crippen molar-refractivity contribution in [3.8, 4) is 0 Å². The molecule has 2 N–H and O–H groups in total. The number of anilines is 1. The number of carbonyl (C=O) groups excluding carboxylic acids is 2. The fourth-order valence-corrected chi connectivity index (χ4v) is 4.38. The number of hydrogen-bond acceptors (Lipinski definition) is 3. The van der Waals surface area contributed by atoms with Gasteiger partial charge in [-0.05, 0) is 96.8 Å². The van der Waals surface area contributed by atoms with Crippen LogP contribution in [0.25, 0.3) is 10.9 Å². The number of amides is 2. The third kappa shape index (κ3) is 5.47. The van der Waals surface area contributed by atoms with Crippen LogP contribution in [0.5, 0.6) is 0 Å². The summed E-state index contributed by atoms with van der Waals surface area (Å²) in [6.07, 6.45) is 3.35. The smallest absolute Gasteiger partial charge is 0.268 e. The molecule has 5 aromatic rings. The Balaban J connectivity index is 1.46. The van der Waals surface area contributed by atoms with E-state index in [-0.39, 0.29) is 17.6 Å². The molecule has 0 spiro atoms. The average Bonchev–Trinajstić information content (AvgIpc) is 3.27. The molecule has 0 aliphatic rings. The maximum atomic E-state index is 13.9. The second-order valence-electron chi connectivity index (χ2n) is 9.31. The Bertz CT molecular complexity index is 1640. The molecule has 0 aliphatic carbocycles. The number of benzene rings is 3. The lowest BCUT2D eigenvalue weighted by atomic mass is 10.1. The van der Waals surface area contributed by atoms with Crippen LogP contribution in [0.4, 0.5) is 10.1 Å². The number of hydrogen-bond donors (Lipinski definition) is 2. The van der Waals surface area contributed by atoms with Crippen molar-refractivity contribution < 1.29 is 14.0 Å². The number of nitrogens with zero attached hydrogens (tertiary/aromatic N) is 2. The van der Waals surface area contributed by atoms with E-state index in [1.54, 1.807) is 30.6 Å². The summed E-state index contributed by atoms with van der Waals surface area (Å²) < 4.78 is 15.8. The molecule has 2 heterocycles. The summed E-state index contributed by atoms with van der Waals surface area (Å²) in [4.78, 5) is 30.2. The number of fused-ring (bicyclic) bond motifs is 1. The van der Waals surface area contributed by atoms with Gasteiger partial charge in [-0.2, -0.15) is 0 Å². The molecule has 2 aromatic heterocycles. The zero-order chi connectivity index (χ0) is 26.6. The maximum Gasteiger partial charge on any atom is 0.268 e. The summed E-state index contributed by atoms with van der Waals surface area (Å²) in [5.74, 6) is -0.795. The van der Waals surface area contributed by atoms with Gasteiger partial charge >= 0.3 is 0 Å². The monoisotopic (exact) mass is 506 g/mol. The zero-order valence-electron chi connectivity index (χ0n) is 21.2. The van der Waals surface area contributed by atoms with Crippen LogP contribution in [0, 0.1) is 19.7 Å². The molecule has 0 saturated carbocycles. The van der Waals surface area contributed by atoms with E-state index in [1.807, 2.05) is 66.9 Å². The fourth-order valence-electron chi connectivity index (χ4n) is 4.38. The highest BCUT2D eigenvalue weighted by atomic mass is 19.1. The molecule has 7 heteroatoms. The summed E-state index contributed by atoms with van der Waals surface area (Å²) in [6, 6.07) is 22.9. The summed E-state index contributed by atoms with van der Waals surface area (Å²) in [5, 5.41) is 6.70. The van der Waals surface area contributed by atoms with E-state index in [0.717, 1.165) is 33.2 Å². The number of rotatable bonds is 7. The topological polar surface area (TPSA) is 76.0 Å². The quantitative estimate of drug-likeness (QED) is 0.283. The second kappa shape index (κ2) is 10.7. The van der Waals surface area contributed by atoms with Crippen LogP contribution >= 0.6 is 0 Å². The first-order valence-electron chi connectivity index (χ1n) is 12.3. The van der Waals surface area contributed by atoms with E-state index in [0.29, 0.717) is 30.0 Å². The van der Waals surface area contributed by atoms with Gasteiger partial charge in [0.1, 0.15) is 11.5 Å². The van der Waals surface area contributed by atoms with Gasteiger partial charge in [0.2, 0.25) is 0 Å². The molecule has 3 aromatic carbocycles. The highest BCUT2D eigenvalue weighted by Crippen LogP contribution is 2.26. The first kappa shape index (κ1) is 24.9. The summed E-state index contributed by atoms with van der Waals surface area (Å²) in [5.41, 5.74) is 6.27. The molecule has 38 heavy (non-hydrogen) atoms. The van der Waals surface area contributed by atoms with Crippen LogP contribution in [0.3, 0.4) is 0 Å². The van der Waals surface area contributed by atoms with Gasteiger partial charge in [0, 0.05) is 47.6 Å². The van der Waals surface area contributed by atoms with Gasteiger partial charge in [-0.1, -0.05) is 18.2 Å². The van der Waals surface area contributed by atoms with Gasteiger partial charge in [0.15, 0.2) is 0 Å². The molecule has 0 radical (unpaired) electrons. The number of carbonyl (C=O) groups is 2. The van der Waals surface area contributed by atoms with Crippen molar-refractivity contribution in [1.82, 2.24) is 14.9 Å². The van der Waals surface area contributed by atoms with Crippen molar-refractivity contribution in [2.75, 3.05) is 5.32 Å². The molecule has 0 fully saturated rings. The van der Waals surface area contributed by atoms with Crippen LogP contribution in [0.15, 0.2) is 91.3 Å². The van der Waals surface area contributed by atoms with Crippen molar-refractivity contribution in [1.29, 1.82) is 0 Å². The maximum absolute atomic E-state index is 13.9. The lowest BCUT2D eigenvalue weighted by Crippen LogP contribution is -2.25. The molecule has 0 bridgehead atoms. The number of aromatic nitrogens is 2. The van der Waals surface area contributed by atoms with Gasteiger partial charge in [0.05, 0.1) is 0 Å². The van der Waals surface area contributed by atoms with Gasteiger partial charge in [-0.15, -0.1) is 0 Å². The van der Waals surface area contributed by atoms with E-state index in [1.165, 1.54) is 12.1 Å². The molecule has 0 aliphatic heterocycles. The van der Waals surface area contributed by atoms with Gasteiger partial charge in [-0.3, -0.25) is 14.6 Å². The van der Waals surface area contributed by atoms with Crippen LogP contribution in [0.1, 0.15) is 43.1 Å². The van der Waals surface area contributed by atoms with E-state index < -0.39 is 0 Å². The predicted octanol–water partition coefficient (Wildman–Crippen LogP) is 6.02. The Kier molecular flexibility index (Phi) is 7.00. The van der Waals surface area contributed by atoms with Gasteiger partial charge < -0.3 is 15.2 Å². The Hall–Kier alpha value is -4.78. The van der Waals surface area contributed by atoms with Gasteiger partial charge in [0.25, 0.3) is 11.8 Å². The van der Waals surface area contributed by atoms with Crippen molar-refractivity contribution in [2.45, 2.75) is 26.9 Å². The minimum absolute atomic E-state index is 0.207. The fraction of sp³-hybridized carbons (Fsp3) is 0.129. The molecule has 0 saturated heterocycles. The van der Waals surface area contributed by atoms with E-state index >= 15 is 0 Å². The van der Waals surface area contributed by atoms with E-state index in [4.69, 9.17) is 0 Å². The van der Waals surface area contributed by atoms with E-state index in [2.05, 4.69) is 15.6 Å².